The molecule has 18 heavy (non-hydrogen) atoms. The Labute approximate surface area is 113 Å². The lowest BCUT2D eigenvalue weighted by molar-refractivity contribution is -0.00596. The van der Waals surface area contributed by atoms with E-state index in [1.807, 2.05) is 20.9 Å². The van der Waals surface area contributed by atoms with E-state index in [2.05, 4.69) is 5.10 Å². The highest BCUT2D eigenvalue weighted by molar-refractivity contribution is 6.31. The van der Waals surface area contributed by atoms with Gasteiger partial charge in [-0.1, -0.05) is 18.5 Å². The molecule has 1 saturated heterocycles. The number of ether oxygens (including phenoxy) is 1. The highest BCUT2D eigenvalue weighted by Crippen LogP contribution is 2.32. The van der Waals surface area contributed by atoms with Gasteiger partial charge in [0.05, 0.1) is 28.6 Å². The summed E-state index contributed by atoms with van der Waals surface area (Å²) < 4.78 is 7.14. The Morgan fingerprint density at radius 2 is 2.33 bits per heavy atom. The monoisotopic (exact) mass is 272 g/mol. The first-order valence-corrected chi connectivity index (χ1v) is 6.84. The summed E-state index contributed by atoms with van der Waals surface area (Å²) in [5.41, 5.74) is 1.01. The second kappa shape index (κ2) is 5.19. The quantitative estimate of drug-likeness (QED) is 0.912. The van der Waals surface area contributed by atoms with Crippen LogP contribution in [0.2, 0.25) is 5.02 Å². The third-order valence-corrected chi connectivity index (χ3v) is 4.27. The Bertz CT molecular complexity index is 423. The van der Waals surface area contributed by atoms with Crippen molar-refractivity contribution in [3.8, 4) is 0 Å². The molecule has 0 spiro atoms. The van der Waals surface area contributed by atoms with Gasteiger partial charge in [0.2, 0.25) is 0 Å². The number of hydrogen-bond donors (Lipinski definition) is 1. The van der Waals surface area contributed by atoms with Crippen molar-refractivity contribution in [3.63, 3.8) is 0 Å². The van der Waals surface area contributed by atoms with Gasteiger partial charge in [0.15, 0.2) is 0 Å². The van der Waals surface area contributed by atoms with Crippen molar-refractivity contribution in [1.82, 2.24) is 9.78 Å². The fourth-order valence-electron chi connectivity index (χ4n) is 2.52. The van der Waals surface area contributed by atoms with Crippen LogP contribution in [0.1, 0.15) is 31.7 Å². The zero-order chi connectivity index (χ0) is 13.3. The Balaban J connectivity index is 2.20. The molecule has 1 aliphatic heterocycles. The van der Waals surface area contributed by atoms with Gasteiger partial charge < -0.3 is 9.84 Å². The molecule has 0 aliphatic carbocycles. The van der Waals surface area contributed by atoms with Crippen molar-refractivity contribution >= 4 is 11.6 Å². The normalized spacial score (nSPS) is 23.3. The van der Waals surface area contributed by atoms with E-state index in [1.165, 1.54) is 0 Å². The molecule has 1 aliphatic rings. The van der Waals surface area contributed by atoms with Gasteiger partial charge in [-0.05, 0) is 19.8 Å². The van der Waals surface area contributed by atoms with Crippen LogP contribution < -0.4 is 0 Å². The maximum Gasteiger partial charge on any atom is 0.0850 e. The summed E-state index contributed by atoms with van der Waals surface area (Å²) >= 11 is 6.32. The van der Waals surface area contributed by atoms with Crippen molar-refractivity contribution in [1.29, 1.82) is 0 Å². The Morgan fingerprint density at radius 1 is 1.61 bits per heavy atom. The number of aryl methyl sites for hydroxylation is 2. The summed E-state index contributed by atoms with van der Waals surface area (Å²) in [6.45, 7) is 5.26. The highest BCUT2D eigenvalue weighted by atomic mass is 35.5. The van der Waals surface area contributed by atoms with Crippen molar-refractivity contribution in [2.24, 2.45) is 13.0 Å². The molecule has 0 saturated carbocycles. The molecule has 0 aromatic carbocycles. The number of nitrogens with zero attached hydrogens (tertiary/aromatic N) is 2. The number of rotatable bonds is 4. The molecule has 5 heteroatoms. The van der Waals surface area contributed by atoms with Crippen LogP contribution in [-0.2, 0) is 24.6 Å². The van der Waals surface area contributed by atoms with Gasteiger partial charge in [0.1, 0.15) is 0 Å². The molecule has 1 N–H and O–H groups in total. The summed E-state index contributed by atoms with van der Waals surface area (Å²) in [4.78, 5) is 0. The maximum atomic E-state index is 10.6. The largest absolute Gasteiger partial charge is 0.389 e. The average Bonchev–Trinajstić information content (AvgIpc) is 2.93. The molecule has 2 heterocycles. The van der Waals surface area contributed by atoms with Gasteiger partial charge in [-0.3, -0.25) is 4.68 Å². The predicted molar refractivity (Wildman–Crippen MR) is 70.8 cm³/mol. The number of aliphatic hydroxyl groups is 1. The first-order valence-electron chi connectivity index (χ1n) is 6.46. The standard InChI is InChI=1S/C13H21ClN2O2/c1-4-10-12(14)11(16(3)15-10)7-13(2,17)9-5-6-18-8-9/h9,17H,4-8H2,1-3H3. The Kier molecular flexibility index (Phi) is 3.99. The molecule has 2 rings (SSSR count). The second-order valence-electron chi connectivity index (χ2n) is 5.28. The van der Waals surface area contributed by atoms with Gasteiger partial charge in [0, 0.05) is 26.0 Å². The lowest BCUT2D eigenvalue weighted by Gasteiger charge is -2.29. The van der Waals surface area contributed by atoms with Crippen LogP contribution in [0.5, 0.6) is 0 Å². The maximum absolute atomic E-state index is 10.6. The van der Waals surface area contributed by atoms with Crippen LogP contribution in [0.3, 0.4) is 0 Å². The number of hydrogen-bond acceptors (Lipinski definition) is 3. The van der Waals surface area contributed by atoms with E-state index in [4.69, 9.17) is 16.3 Å². The van der Waals surface area contributed by atoms with Gasteiger partial charge >= 0.3 is 0 Å². The summed E-state index contributed by atoms with van der Waals surface area (Å²) in [5, 5.41) is 15.7. The topological polar surface area (TPSA) is 47.3 Å². The van der Waals surface area contributed by atoms with Gasteiger partial charge in [-0.15, -0.1) is 0 Å². The molecule has 0 amide bonds. The smallest absolute Gasteiger partial charge is 0.0850 e. The van der Waals surface area contributed by atoms with E-state index in [-0.39, 0.29) is 5.92 Å². The zero-order valence-corrected chi connectivity index (χ0v) is 12.0. The first-order chi connectivity index (χ1) is 8.45. The first kappa shape index (κ1) is 13.8. The minimum absolute atomic E-state index is 0.175. The second-order valence-corrected chi connectivity index (χ2v) is 5.66. The van der Waals surface area contributed by atoms with E-state index < -0.39 is 5.60 Å². The fraction of sp³-hybridized carbons (Fsp3) is 0.769. The van der Waals surface area contributed by atoms with Crippen LogP contribution in [0.15, 0.2) is 0 Å². The zero-order valence-electron chi connectivity index (χ0n) is 11.2. The van der Waals surface area contributed by atoms with Crippen molar-refractivity contribution in [3.05, 3.63) is 16.4 Å². The lowest BCUT2D eigenvalue weighted by atomic mass is 9.84. The lowest BCUT2D eigenvalue weighted by Crippen LogP contribution is -2.38. The van der Waals surface area contributed by atoms with Crippen molar-refractivity contribution in [2.75, 3.05) is 13.2 Å². The third kappa shape index (κ3) is 2.56. The van der Waals surface area contributed by atoms with E-state index in [1.54, 1.807) is 4.68 Å². The van der Waals surface area contributed by atoms with Gasteiger partial charge in [-0.2, -0.15) is 5.10 Å². The molecule has 1 aromatic rings. The summed E-state index contributed by atoms with van der Waals surface area (Å²) in [6.07, 6.45) is 2.23. The molecule has 0 bridgehead atoms. The molecule has 2 atom stereocenters. The highest BCUT2D eigenvalue weighted by Gasteiger charge is 2.36. The summed E-state index contributed by atoms with van der Waals surface area (Å²) in [5.74, 6) is 0.175. The van der Waals surface area contributed by atoms with E-state index in [0.717, 1.165) is 30.8 Å². The number of halogens is 1. The van der Waals surface area contributed by atoms with E-state index in [9.17, 15) is 5.11 Å². The van der Waals surface area contributed by atoms with Crippen molar-refractivity contribution < 1.29 is 9.84 Å². The Hall–Kier alpha value is -0.580. The molecule has 1 fully saturated rings. The number of aromatic nitrogens is 2. The summed E-state index contributed by atoms with van der Waals surface area (Å²) in [6, 6.07) is 0. The molecule has 1 aromatic heterocycles. The Morgan fingerprint density at radius 3 is 2.83 bits per heavy atom. The predicted octanol–water partition coefficient (Wildman–Crippen LogP) is 1.97. The fourth-order valence-corrected chi connectivity index (χ4v) is 2.88. The van der Waals surface area contributed by atoms with E-state index >= 15 is 0 Å². The minimum Gasteiger partial charge on any atom is -0.389 e. The SMILES string of the molecule is CCc1nn(C)c(CC(C)(O)C2CCOC2)c1Cl. The minimum atomic E-state index is -0.793. The van der Waals surface area contributed by atoms with Crippen LogP contribution >= 0.6 is 11.6 Å². The molecular formula is C13H21ClN2O2. The molecule has 0 radical (unpaired) electrons. The van der Waals surface area contributed by atoms with Crippen LogP contribution in [0, 0.1) is 5.92 Å². The average molecular weight is 273 g/mol. The molecule has 2 unspecified atom stereocenters. The van der Waals surface area contributed by atoms with Crippen LogP contribution in [-0.4, -0.2) is 33.7 Å². The molecule has 4 nitrogen and oxygen atoms in total. The van der Waals surface area contributed by atoms with Crippen molar-refractivity contribution in [2.45, 2.75) is 38.7 Å². The molecule has 102 valence electrons. The third-order valence-electron chi connectivity index (χ3n) is 3.84. The van der Waals surface area contributed by atoms with Gasteiger partial charge in [-0.25, -0.2) is 0 Å². The van der Waals surface area contributed by atoms with Gasteiger partial charge in [0.25, 0.3) is 0 Å². The summed E-state index contributed by atoms with van der Waals surface area (Å²) in [7, 11) is 1.88. The van der Waals surface area contributed by atoms with E-state index in [0.29, 0.717) is 18.1 Å². The van der Waals surface area contributed by atoms with Crippen LogP contribution in [0.25, 0.3) is 0 Å². The molecular weight excluding hydrogens is 252 g/mol. The van der Waals surface area contributed by atoms with Crippen LogP contribution in [0.4, 0.5) is 0 Å².